The highest BCUT2D eigenvalue weighted by atomic mass is 16.5. The Kier molecular flexibility index (Phi) is 8.62. The first kappa shape index (κ1) is 27.5. The maximum absolute atomic E-state index is 13.3. The fourth-order valence-electron chi connectivity index (χ4n) is 4.40. The normalized spacial score (nSPS) is 17.8. The highest BCUT2D eigenvalue weighted by Crippen LogP contribution is 2.40. The van der Waals surface area contributed by atoms with Crippen LogP contribution in [0.25, 0.3) is 5.76 Å². The predicted molar refractivity (Wildman–Crippen MR) is 142 cm³/mol. The van der Waals surface area contributed by atoms with Crippen LogP contribution < -0.4 is 4.74 Å². The lowest BCUT2D eigenvalue weighted by molar-refractivity contribution is -0.140. The van der Waals surface area contributed by atoms with Gasteiger partial charge in [-0.05, 0) is 59.6 Å². The zero-order chi connectivity index (χ0) is 26.6. The molecule has 1 aliphatic rings. The molecule has 0 spiro atoms. The Hall–Kier alpha value is -3.12. The Bertz CT molecular complexity index is 1130. The molecule has 1 fully saturated rings. The lowest BCUT2D eigenvalue weighted by atomic mass is 9.85. The van der Waals surface area contributed by atoms with Crippen molar-refractivity contribution in [3.8, 4) is 5.75 Å². The fourth-order valence-corrected chi connectivity index (χ4v) is 4.40. The molecule has 0 unspecified atom stereocenters. The molecule has 0 saturated carbocycles. The molecule has 1 atom stereocenters. The maximum atomic E-state index is 13.3. The number of hydrogen-bond acceptors (Lipinski definition) is 5. The van der Waals surface area contributed by atoms with Crippen LogP contribution in [-0.4, -0.2) is 48.6 Å². The number of amides is 1. The Morgan fingerprint density at radius 2 is 1.75 bits per heavy atom. The quantitative estimate of drug-likeness (QED) is 0.207. The number of ether oxygens (including phenoxy) is 2. The number of rotatable bonds is 9. The van der Waals surface area contributed by atoms with Gasteiger partial charge in [0.05, 0.1) is 18.2 Å². The van der Waals surface area contributed by atoms with Crippen LogP contribution in [0.3, 0.4) is 0 Å². The molecule has 3 rings (SSSR count). The summed E-state index contributed by atoms with van der Waals surface area (Å²) in [6.45, 7) is 13.8. The molecule has 0 bridgehead atoms. The number of benzene rings is 2. The second kappa shape index (κ2) is 11.3. The van der Waals surface area contributed by atoms with Crippen molar-refractivity contribution >= 4 is 17.4 Å². The summed E-state index contributed by atoms with van der Waals surface area (Å²) in [5.74, 6) is -0.355. The van der Waals surface area contributed by atoms with Crippen LogP contribution in [0.4, 0.5) is 0 Å². The minimum absolute atomic E-state index is 0.0324. The molecular formula is C30H39NO5. The molecule has 1 saturated heterocycles. The van der Waals surface area contributed by atoms with E-state index >= 15 is 0 Å². The number of methoxy groups -OCH3 is 1. The summed E-state index contributed by atoms with van der Waals surface area (Å²) in [7, 11) is 1.61. The molecule has 1 aliphatic heterocycles. The molecule has 2 aromatic carbocycles. The molecule has 1 heterocycles. The van der Waals surface area contributed by atoms with Gasteiger partial charge >= 0.3 is 0 Å². The largest absolute Gasteiger partial charge is 0.507 e. The summed E-state index contributed by atoms with van der Waals surface area (Å²) in [6, 6.07) is 12.6. The Morgan fingerprint density at radius 1 is 1.08 bits per heavy atom. The van der Waals surface area contributed by atoms with Gasteiger partial charge in [0.15, 0.2) is 0 Å². The minimum atomic E-state index is -0.674. The maximum Gasteiger partial charge on any atom is 0.295 e. The predicted octanol–water partition coefficient (Wildman–Crippen LogP) is 5.79. The van der Waals surface area contributed by atoms with Gasteiger partial charge in [0.1, 0.15) is 11.5 Å². The molecule has 1 amide bonds. The number of aryl methyl sites for hydroxylation is 1. The van der Waals surface area contributed by atoms with Crippen molar-refractivity contribution < 1.29 is 24.2 Å². The number of aliphatic hydroxyl groups excluding tert-OH is 1. The van der Waals surface area contributed by atoms with Crippen molar-refractivity contribution in [3.63, 3.8) is 0 Å². The third-order valence-electron chi connectivity index (χ3n) is 6.42. The van der Waals surface area contributed by atoms with Crippen LogP contribution in [0.5, 0.6) is 5.75 Å². The van der Waals surface area contributed by atoms with Crippen LogP contribution in [0.1, 0.15) is 69.3 Å². The third kappa shape index (κ3) is 5.98. The highest BCUT2D eigenvalue weighted by molar-refractivity contribution is 6.46. The number of likely N-dealkylation sites (tertiary alicyclic amines) is 1. The molecular weight excluding hydrogens is 454 g/mol. The Labute approximate surface area is 214 Å². The lowest BCUT2D eigenvalue weighted by Crippen LogP contribution is -2.31. The molecule has 0 aromatic heterocycles. The van der Waals surface area contributed by atoms with E-state index in [2.05, 4.69) is 34.6 Å². The van der Waals surface area contributed by atoms with Crippen molar-refractivity contribution in [2.75, 3.05) is 26.9 Å². The Balaban J connectivity index is 2.08. The summed E-state index contributed by atoms with van der Waals surface area (Å²) in [6.07, 6.45) is 0.584. The van der Waals surface area contributed by atoms with E-state index < -0.39 is 17.7 Å². The average Bonchev–Trinajstić information content (AvgIpc) is 3.07. The zero-order valence-electron chi connectivity index (χ0n) is 22.6. The van der Waals surface area contributed by atoms with Gasteiger partial charge in [-0.2, -0.15) is 0 Å². The molecule has 36 heavy (non-hydrogen) atoms. The van der Waals surface area contributed by atoms with Crippen molar-refractivity contribution in [3.05, 3.63) is 70.3 Å². The second-order valence-corrected chi connectivity index (χ2v) is 10.9. The smallest absolute Gasteiger partial charge is 0.295 e. The van der Waals surface area contributed by atoms with E-state index in [9.17, 15) is 14.7 Å². The van der Waals surface area contributed by atoms with E-state index in [1.54, 1.807) is 24.1 Å². The topological polar surface area (TPSA) is 76.1 Å². The molecule has 194 valence electrons. The zero-order valence-corrected chi connectivity index (χ0v) is 22.6. The van der Waals surface area contributed by atoms with E-state index in [0.29, 0.717) is 43.4 Å². The number of carbonyl (C=O) groups is 2. The van der Waals surface area contributed by atoms with Gasteiger partial charge in [0.2, 0.25) is 0 Å². The van der Waals surface area contributed by atoms with E-state index in [1.165, 1.54) is 0 Å². The van der Waals surface area contributed by atoms with E-state index in [4.69, 9.17) is 9.47 Å². The summed E-state index contributed by atoms with van der Waals surface area (Å²) >= 11 is 0. The van der Waals surface area contributed by atoms with Gasteiger partial charge in [-0.3, -0.25) is 9.59 Å². The van der Waals surface area contributed by atoms with Gasteiger partial charge in [-0.25, -0.2) is 0 Å². The summed E-state index contributed by atoms with van der Waals surface area (Å²) < 4.78 is 11.0. The van der Waals surface area contributed by atoms with Gasteiger partial charge < -0.3 is 19.5 Å². The number of ketones is 1. The third-order valence-corrected chi connectivity index (χ3v) is 6.42. The average molecular weight is 494 g/mol. The van der Waals surface area contributed by atoms with E-state index in [0.717, 1.165) is 16.7 Å². The number of Topliss-reactive ketones (excluding diaryl/α,β-unsaturated/α-hetero) is 1. The van der Waals surface area contributed by atoms with Gasteiger partial charge in [-0.15, -0.1) is 0 Å². The van der Waals surface area contributed by atoms with Crippen molar-refractivity contribution in [1.82, 2.24) is 4.90 Å². The minimum Gasteiger partial charge on any atom is -0.507 e. The summed E-state index contributed by atoms with van der Waals surface area (Å²) in [4.78, 5) is 27.9. The van der Waals surface area contributed by atoms with Crippen LogP contribution in [-0.2, 0) is 19.7 Å². The van der Waals surface area contributed by atoms with Crippen LogP contribution in [0.15, 0.2) is 48.0 Å². The standard InChI is InChI=1S/C30H39NO5/c1-19(2)18-36-23-13-14-24(20(3)17-23)27(32)25-26(21-9-11-22(12-10-21)30(4,5)6)31(15-8-16-35-7)29(34)28(25)33/h9-14,17,19,26,32H,8,15-16,18H2,1-7H3/b27-25+/t26-/m0/s1. The molecule has 1 N–H and O–H groups in total. The number of carbonyl (C=O) groups excluding carboxylic acids is 2. The fraction of sp³-hybridized carbons (Fsp3) is 0.467. The van der Waals surface area contributed by atoms with Gasteiger partial charge in [0, 0.05) is 25.8 Å². The highest BCUT2D eigenvalue weighted by Gasteiger charge is 2.46. The molecule has 0 aliphatic carbocycles. The second-order valence-electron chi connectivity index (χ2n) is 10.9. The van der Waals surface area contributed by atoms with Crippen LogP contribution in [0.2, 0.25) is 0 Å². The summed E-state index contributed by atoms with van der Waals surface area (Å²) in [5, 5.41) is 11.4. The number of aliphatic hydroxyl groups is 1. The first-order chi connectivity index (χ1) is 17.0. The molecule has 6 heteroatoms. The first-order valence-corrected chi connectivity index (χ1v) is 12.6. The molecule has 2 aromatic rings. The van der Waals surface area contributed by atoms with Crippen molar-refractivity contribution in [1.29, 1.82) is 0 Å². The lowest BCUT2D eigenvalue weighted by Gasteiger charge is -2.26. The van der Waals surface area contributed by atoms with Crippen LogP contribution in [0, 0.1) is 12.8 Å². The number of nitrogens with zero attached hydrogens (tertiary/aromatic N) is 1. The van der Waals surface area contributed by atoms with Crippen molar-refractivity contribution in [2.24, 2.45) is 5.92 Å². The van der Waals surface area contributed by atoms with E-state index in [-0.39, 0.29) is 16.7 Å². The number of hydrogen-bond donors (Lipinski definition) is 1. The summed E-state index contributed by atoms with van der Waals surface area (Å²) in [5.41, 5.74) is 3.29. The molecule has 0 radical (unpaired) electrons. The van der Waals surface area contributed by atoms with Crippen molar-refractivity contribution in [2.45, 2.75) is 59.4 Å². The SMILES string of the molecule is COCCCN1C(=O)C(=O)/C(=C(/O)c2ccc(OCC(C)C)cc2C)[C@@H]1c1ccc(C(C)(C)C)cc1. The van der Waals surface area contributed by atoms with Gasteiger partial charge in [0.25, 0.3) is 11.7 Å². The molecule has 6 nitrogen and oxygen atoms in total. The van der Waals surface area contributed by atoms with Gasteiger partial charge in [-0.1, -0.05) is 58.9 Å². The Morgan fingerprint density at radius 3 is 2.31 bits per heavy atom. The monoisotopic (exact) mass is 493 g/mol. The first-order valence-electron chi connectivity index (χ1n) is 12.6. The van der Waals surface area contributed by atoms with E-state index in [1.807, 2.05) is 37.3 Å². The van der Waals surface area contributed by atoms with Crippen LogP contribution >= 0.6 is 0 Å².